The van der Waals surface area contributed by atoms with Crippen LogP contribution in [-0.4, -0.2) is 38.9 Å². The molecule has 124 valence electrons. The molecule has 0 spiro atoms. The Bertz CT molecular complexity index is 867. The van der Waals surface area contributed by atoms with Crippen molar-refractivity contribution in [3.05, 3.63) is 48.3 Å². The van der Waals surface area contributed by atoms with Gasteiger partial charge in [-0.05, 0) is 31.0 Å². The van der Waals surface area contributed by atoms with Crippen LogP contribution in [0.15, 0.2) is 36.7 Å². The van der Waals surface area contributed by atoms with Gasteiger partial charge in [0.15, 0.2) is 5.82 Å². The maximum absolute atomic E-state index is 13.5. The van der Waals surface area contributed by atoms with Crippen LogP contribution >= 0.6 is 0 Å². The van der Waals surface area contributed by atoms with E-state index in [0.29, 0.717) is 37.2 Å². The van der Waals surface area contributed by atoms with E-state index in [4.69, 9.17) is 0 Å². The van der Waals surface area contributed by atoms with E-state index in [1.165, 1.54) is 12.1 Å². The van der Waals surface area contributed by atoms with E-state index in [9.17, 15) is 13.9 Å². The zero-order chi connectivity index (χ0) is 16.7. The average molecular weight is 330 g/mol. The third-order valence-electron chi connectivity index (χ3n) is 4.29. The molecule has 4 rings (SSSR count). The van der Waals surface area contributed by atoms with Crippen LogP contribution in [0.3, 0.4) is 0 Å². The largest absolute Gasteiger partial charge is 0.393 e. The van der Waals surface area contributed by atoms with Crippen LogP contribution in [0.5, 0.6) is 0 Å². The first-order chi connectivity index (χ1) is 11.6. The number of aromatic nitrogens is 3. The van der Waals surface area contributed by atoms with Gasteiger partial charge in [0.25, 0.3) is 0 Å². The summed E-state index contributed by atoms with van der Waals surface area (Å²) in [5, 5.41) is 14.1. The Kier molecular flexibility index (Phi) is 3.65. The summed E-state index contributed by atoms with van der Waals surface area (Å²) in [6.07, 6.45) is 4.47. The number of piperidine rings is 1. The Morgan fingerprint density at radius 3 is 2.46 bits per heavy atom. The lowest BCUT2D eigenvalue weighted by Crippen LogP contribution is -2.36. The zero-order valence-electron chi connectivity index (χ0n) is 12.9. The molecule has 0 amide bonds. The summed E-state index contributed by atoms with van der Waals surface area (Å²) in [6, 6.07) is 5.14. The molecule has 0 atom stereocenters. The third kappa shape index (κ3) is 2.71. The van der Waals surface area contributed by atoms with Crippen molar-refractivity contribution in [1.82, 2.24) is 14.6 Å². The van der Waals surface area contributed by atoms with Crippen LogP contribution < -0.4 is 4.90 Å². The zero-order valence-corrected chi connectivity index (χ0v) is 12.9. The van der Waals surface area contributed by atoms with E-state index in [1.807, 2.05) is 0 Å². The number of hydrogen-bond donors (Lipinski definition) is 1. The molecule has 1 saturated heterocycles. The second kappa shape index (κ2) is 5.83. The second-order valence-corrected chi connectivity index (χ2v) is 5.99. The van der Waals surface area contributed by atoms with E-state index >= 15 is 0 Å². The van der Waals surface area contributed by atoms with Gasteiger partial charge in [0.05, 0.1) is 11.8 Å². The first-order valence-corrected chi connectivity index (χ1v) is 7.84. The number of nitrogens with zero attached hydrogens (tertiary/aromatic N) is 4. The summed E-state index contributed by atoms with van der Waals surface area (Å²) in [6.45, 7) is 1.42. The molecule has 0 aliphatic carbocycles. The predicted octanol–water partition coefficient (Wildman–Crippen LogP) is 2.64. The van der Waals surface area contributed by atoms with Crippen molar-refractivity contribution in [2.45, 2.75) is 18.9 Å². The van der Waals surface area contributed by atoms with Crippen LogP contribution in [-0.2, 0) is 0 Å². The van der Waals surface area contributed by atoms with Crippen molar-refractivity contribution in [1.29, 1.82) is 0 Å². The predicted molar refractivity (Wildman–Crippen MR) is 85.8 cm³/mol. The Hall–Kier alpha value is -2.54. The fraction of sp³-hybridized carbons (Fsp3) is 0.294. The van der Waals surface area contributed by atoms with Gasteiger partial charge in [-0.1, -0.05) is 0 Å². The number of rotatable bonds is 2. The van der Waals surface area contributed by atoms with Gasteiger partial charge in [-0.2, -0.15) is 5.10 Å². The van der Waals surface area contributed by atoms with Gasteiger partial charge in [-0.25, -0.2) is 18.3 Å². The molecule has 1 N–H and O–H groups in total. The maximum Gasteiger partial charge on any atom is 0.154 e. The van der Waals surface area contributed by atoms with E-state index in [-0.39, 0.29) is 6.10 Å². The molecule has 7 heteroatoms. The van der Waals surface area contributed by atoms with Gasteiger partial charge in [0.1, 0.15) is 17.2 Å². The van der Waals surface area contributed by atoms with Crippen LogP contribution in [0, 0.1) is 11.6 Å². The fourth-order valence-electron chi connectivity index (χ4n) is 3.07. The number of anilines is 1. The molecule has 1 aliphatic rings. The van der Waals surface area contributed by atoms with E-state index in [1.54, 1.807) is 23.0 Å². The number of aliphatic hydroxyl groups is 1. The summed E-state index contributed by atoms with van der Waals surface area (Å²) >= 11 is 0. The summed E-state index contributed by atoms with van der Waals surface area (Å²) in [5.74, 6) is -0.504. The van der Waals surface area contributed by atoms with E-state index < -0.39 is 11.6 Å². The first-order valence-electron chi connectivity index (χ1n) is 7.84. The summed E-state index contributed by atoms with van der Waals surface area (Å²) in [7, 11) is 0. The minimum Gasteiger partial charge on any atom is -0.393 e. The maximum atomic E-state index is 13.5. The molecule has 5 nitrogen and oxygen atoms in total. The van der Waals surface area contributed by atoms with E-state index in [2.05, 4.69) is 15.0 Å². The van der Waals surface area contributed by atoms with Gasteiger partial charge >= 0.3 is 0 Å². The van der Waals surface area contributed by atoms with Gasteiger partial charge in [-0.3, -0.25) is 0 Å². The molecule has 1 aliphatic heterocycles. The molecule has 0 radical (unpaired) electrons. The third-order valence-corrected chi connectivity index (χ3v) is 4.29. The minimum absolute atomic E-state index is 0.267. The van der Waals surface area contributed by atoms with Gasteiger partial charge < -0.3 is 10.0 Å². The Morgan fingerprint density at radius 2 is 1.75 bits per heavy atom. The molecule has 3 aromatic rings. The lowest BCUT2D eigenvalue weighted by molar-refractivity contribution is 0.145. The number of benzene rings is 1. The minimum atomic E-state index is -0.634. The summed E-state index contributed by atoms with van der Waals surface area (Å²) in [4.78, 5) is 6.53. The Morgan fingerprint density at radius 1 is 1.04 bits per heavy atom. The summed E-state index contributed by atoms with van der Waals surface area (Å²) in [5.41, 5.74) is 1.64. The quantitative estimate of drug-likeness (QED) is 0.785. The number of fused-ring (bicyclic) bond motifs is 1. The number of hydrogen-bond acceptors (Lipinski definition) is 4. The van der Waals surface area contributed by atoms with E-state index in [0.717, 1.165) is 17.4 Å². The molecule has 0 saturated carbocycles. The highest BCUT2D eigenvalue weighted by Crippen LogP contribution is 2.27. The topological polar surface area (TPSA) is 53.7 Å². The number of aliphatic hydroxyl groups excluding tert-OH is 1. The van der Waals surface area contributed by atoms with Crippen molar-refractivity contribution in [3.63, 3.8) is 0 Å². The summed E-state index contributed by atoms with van der Waals surface area (Å²) < 4.78 is 28.6. The van der Waals surface area contributed by atoms with Gasteiger partial charge in [0.2, 0.25) is 0 Å². The van der Waals surface area contributed by atoms with Crippen LogP contribution in [0.1, 0.15) is 12.8 Å². The SMILES string of the molecule is OC1CCN(c2nccn3nc(-c4cc(F)cc(F)c4)cc23)CC1. The Labute approximate surface area is 137 Å². The van der Waals surface area contributed by atoms with Crippen molar-refractivity contribution in [2.24, 2.45) is 0 Å². The van der Waals surface area contributed by atoms with Crippen molar-refractivity contribution in [2.75, 3.05) is 18.0 Å². The average Bonchev–Trinajstić information content (AvgIpc) is 2.99. The van der Waals surface area contributed by atoms with Crippen molar-refractivity contribution < 1.29 is 13.9 Å². The van der Waals surface area contributed by atoms with Crippen molar-refractivity contribution >= 4 is 11.3 Å². The molecule has 1 fully saturated rings. The molecular formula is C17H16F2N4O. The first kappa shape index (κ1) is 15.0. The normalized spacial score (nSPS) is 16.0. The lowest BCUT2D eigenvalue weighted by atomic mass is 10.1. The molecule has 3 heterocycles. The molecule has 0 unspecified atom stereocenters. The molecular weight excluding hydrogens is 314 g/mol. The van der Waals surface area contributed by atoms with Crippen LogP contribution in [0.25, 0.3) is 16.8 Å². The number of halogens is 2. The highest BCUT2D eigenvalue weighted by Gasteiger charge is 2.21. The standard InChI is InChI=1S/C17H16F2N4O/c18-12-7-11(8-13(19)9-12)15-10-16-17(20-3-6-23(16)21-15)22-4-1-14(24)2-5-22/h3,6-10,14,24H,1-2,4-5H2. The molecule has 0 bridgehead atoms. The fourth-order valence-corrected chi connectivity index (χ4v) is 3.07. The molecule has 2 aromatic heterocycles. The highest BCUT2D eigenvalue weighted by molar-refractivity contribution is 5.75. The van der Waals surface area contributed by atoms with Gasteiger partial charge in [-0.15, -0.1) is 0 Å². The van der Waals surface area contributed by atoms with Crippen molar-refractivity contribution in [3.8, 4) is 11.3 Å². The van der Waals surface area contributed by atoms with Gasteiger partial charge in [0, 0.05) is 37.1 Å². The van der Waals surface area contributed by atoms with Crippen LogP contribution in [0.4, 0.5) is 14.6 Å². The Balaban J connectivity index is 1.77. The molecule has 1 aromatic carbocycles. The van der Waals surface area contributed by atoms with Crippen LogP contribution in [0.2, 0.25) is 0 Å². The monoisotopic (exact) mass is 330 g/mol. The lowest BCUT2D eigenvalue weighted by Gasteiger charge is -2.30. The second-order valence-electron chi connectivity index (χ2n) is 5.99. The highest BCUT2D eigenvalue weighted by atomic mass is 19.1. The molecule has 24 heavy (non-hydrogen) atoms. The smallest absolute Gasteiger partial charge is 0.154 e.